The molecular weight excluding hydrogens is 475 g/mol. The number of anilines is 2. The number of carbonyl (C=O) groups is 2. The number of aromatic nitrogens is 2. The highest BCUT2D eigenvalue weighted by molar-refractivity contribution is 5.96. The zero-order valence-electron chi connectivity index (χ0n) is 19.7. The third-order valence-electron chi connectivity index (χ3n) is 5.65. The molecule has 0 unspecified atom stereocenters. The number of benzene rings is 2. The second kappa shape index (κ2) is 10.2. The van der Waals surface area contributed by atoms with Gasteiger partial charge in [0.1, 0.15) is 0 Å². The number of halogens is 3. The highest BCUT2D eigenvalue weighted by atomic mass is 19.4. The summed E-state index contributed by atoms with van der Waals surface area (Å²) in [6, 6.07) is 13.5. The number of hydrogen-bond acceptors (Lipinski definition) is 6. The van der Waals surface area contributed by atoms with Crippen molar-refractivity contribution in [1.29, 1.82) is 0 Å². The molecule has 0 aliphatic carbocycles. The molecular formula is C25H24F3N5O3. The number of alkyl halides is 3. The molecule has 11 heteroatoms. The SMILES string of the molecule is Cc1cc(C)cc(NC(=O)Oc2ccc(N3CCN(C(=O)c4ccccc4C(F)(F)F)CC3)nn2)c1. The highest BCUT2D eigenvalue weighted by Gasteiger charge is 2.36. The van der Waals surface area contributed by atoms with E-state index in [1.54, 1.807) is 6.07 Å². The fourth-order valence-corrected chi connectivity index (χ4v) is 4.05. The maximum Gasteiger partial charge on any atom is 0.418 e. The van der Waals surface area contributed by atoms with Crippen LogP contribution in [0.15, 0.2) is 54.6 Å². The predicted molar refractivity (Wildman–Crippen MR) is 127 cm³/mol. The van der Waals surface area contributed by atoms with E-state index in [1.807, 2.05) is 36.9 Å². The first kappa shape index (κ1) is 25.0. The van der Waals surface area contributed by atoms with Crippen molar-refractivity contribution in [3.63, 3.8) is 0 Å². The molecule has 4 rings (SSSR count). The van der Waals surface area contributed by atoms with Crippen LogP contribution in [-0.2, 0) is 6.18 Å². The predicted octanol–water partition coefficient (Wildman–Crippen LogP) is 4.69. The van der Waals surface area contributed by atoms with Gasteiger partial charge in [-0.05, 0) is 55.3 Å². The molecule has 1 fully saturated rings. The number of rotatable bonds is 4. The number of nitrogens with one attached hydrogen (secondary N) is 1. The Balaban J connectivity index is 1.33. The minimum absolute atomic E-state index is 0.0122. The van der Waals surface area contributed by atoms with Crippen LogP contribution in [0.3, 0.4) is 0 Å². The smallest absolute Gasteiger partial charge is 0.389 e. The summed E-state index contributed by atoms with van der Waals surface area (Å²) in [5, 5.41) is 10.7. The third-order valence-corrected chi connectivity index (χ3v) is 5.65. The monoisotopic (exact) mass is 499 g/mol. The van der Waals surface area contributed by atoms with E-state index in [-0.39, 0.29) is 24.5 Å². The summed E-state index contributed by atoms with van der Waals surface area (Å²) in [6.45, 7) is 5.02. The van der Waals surface area contributed by atoms with Gasteiger partial charge >= 0.3 is 12.3 Å². The van der Waals surface area contributed by atoms with Crippen molar-refractivity contribution in [2.24, 2.45) is 0 Å². The van der Waals surface area contributed by atoms with Crippen LogP contribution in [0.4, 0.5) is 29.5 Å². The average molecular weight is 499 g/mol. The van der Waals surface area contributed by atoms with Crippen LogP contribution < -0.4 is 15.0 Å². The molecule has 1 N–H and O–H groups in total. The summed E-state index contributed by atoms with van der Waals surface area (Å²) in [5.74, 6) is -0.148. The van der Waals surface area contributed by atoms with Gasteiger partial charge < -0.3 is 14.5 Å². The van der Waals surface area contributed by atoms with Crippen LogP contribution in [0.1, 0.15) is 27.0 Å². The molecule has 1 aliphatic heterocycles. The van der Waals surface area contributed by atoms with E-state index in [9.17, 15) is 22.8 Å². The van der Waals surface area contributed by atoms with E-state index in [0.29, 0.717) is 24.6 Å². The normalized spacial score (nSPS) is 13.9. The van der Waals surface area contributed by atoms with Crippen molar-refractivity contribution >= 4 is 23.5 Å². The van der Waals surface area contributed by atoms with Crippen LogP contribution in [0.2, 0.25) is 0 Å². The Morgan fingerprint density at radius 1 is 0.917 bits per heavy atom. The molecule has 0 bridgehead atoms. The standard InChI is InChI=1S/C25H24F3N5O3/c1-16-13-17(2)15-18(14-16)29-24(35)36-22-8-7-21(30-31-22)32-9-11-33(12-10-32)23(34)19-5-3-4-6-20(19)25(26,27)28/h3-8,13-15H,9-12H2,1-2H3,(H,29,35). The lowest BCUT2D eigenvalue weighted by molar-refractivity contribution is -0.138. The molecule has 8 nitrogen and oxygen atoms in total. The van der Waals surface area contributed by atoms with Gasteiger partial charge in [0.2, 0.25) is 5.88 Å². The Morgan fingerprint density at radius 3 is 2.19 bits per heavy atom. The number of nitrogens with zero attached hydrogens (tertiary/aromatic N) is 4. The van der Waals surface area contributed by atoms with Gasteiger partial charge in [-0.2, -0.15) is 13.2 Å². The van der Waals surface area contributed by atoms with Crippen LogP contribution in [0.25, 0.3) is 0 Å². The number of piperazine rings is 1. The number of amides is 2. The second-order valence-corrected chi connectivity index (χ2v) is 8.44. The minimum Gasteiger partial charge on any atom is -0.389 e. The van der Waals surface area contributed by atoms with Crippen LogP contribution in [0.5, 0.6) is 5.88 Å². The van der Waals surface area contributed by atoms with Crippen molar-refractivity contribution in [3.05, 3.63) is 76.9 Å². The van der Waals surface area contributed by atoms with Gasteiger partial charge in [-0.3, -0.25) is 10.1 Å². The van der Waals surface area contributed by atoms with E-state index in [1.165, 1.54) is 29.2 Å². The maximum absolute atomic E-state index is 13.3. The first-order valence-corrected chi connectivity index (χ1v) is 11.2. The molecule has 0 saturated carbocycles. The molecule has 1 saturated heterocycles. The van der Waals surface area contributed by atoms with Crippen LogP contribution in [-0.4, -0.2) is 53.3 Å². The molecule has 3 aromatic rings. The van der Waals surface area contributed by atoms with E-state index in [4.69, 9.17) is 4.74 Å². The first-order valence-electron chi connectivity index (χ1n) is 11.2. The third kappa shape index (κ3) is 5.91. The molecule has 188 valence electrons. The molecule has 0 spiro atoms. The Kier molecular flexibility index (Phi) is 7.09. The summed E-state index contributed by atoms with van der Waals surface area (Å²) in [6.07, 6.45) is -5.31. The molecule has 2 heterocycles. The van der Waals surface area contributed by atoms with Crippen molar-refractivity contribution in [2.45, 2.75) is 20.0 Å². The van der Waals surface area contributed by atoms with Crippen molar-refractivity contribution < 1.29 is 27.5 Å². The van der Waals surface area contributed by atoms with Gasteiger partial charge in [0.25, 0.3) is 5.91 Å². The first-order chi connectivity index (χ1) is 17.1. The van der Waals surface area contributed by atoms with Crippen molar-refractivity contribution in [1.82, 2.24) is 15.1 Å². The summed E-state index contributed by atoms with van der Waals surface area (Å²) in [5.41, 5.74) is 1.30. The average Bonchev–Trinajstić information content (AvgIpc) is 2.83. The Morgan fingerprint density at radius 2 is 1.58 bits per heavy atom. The molecule has 1 aromatic heterocycles. The number of hydrogen-bond donors (Lipinski definition) is 1. The van der Waals surface area contributed by atoms with E-state index >= 15 is 0 Å². The summed E-state index contributed by atoms with van der Waals surface area (Å²) in [4.78, 5) is 28.2. The van der Waals surface area contributed by atoms with Crippen LogP contribution in [0, 0.1) is 13.8 Å². The topological polar surface area (TPSA) is 87.7 Å². The molecule has 2 amide bonds. The van der Waals surface area contributed by atoms with Gasteiger partial charge in [-0.15, -0.1) is 10.2 Å². The van der Waals surface area contributed by atoms with Gasteiger partial charge in [0.15, 0.2) is 5.82 Å². The summed E-state index contributed by atoms with van der Waals surface area (Å²) < 4.78 is 45.0. The summed E-state index contributed by atoms with van der Waals surface area (Å²) >= 11 is 0. The molecule has 2 aromatic carbocycles. The molecule has 1 aliphatic rings. The largest absolute Gasteiger partial charge is 0.418 e. The Labute approximate surface area is 205 Å². The lowest BCUT2D eigenvalue weighted by Gasteiger charge is -2.35. The van der Waals surface area contributed by atoms with Gasteiger partial charge in [-0.1, -0.05) is 18.2 Å². The molecule has 0 radical (unpaired) electrons. The Hall–Kier alpha value is -4.15. The fraction of sp³-hybridized carbons (Fsp3) is 0.280. The number of aryl methyl sites for hydroxylation is 2. The Bertz CT molecular complexity index is 1240. The number of ether oxygens (including phenoxy) is 1. The molecule has 36 heavy (non-hydrogen) atoms. The van der Waals surface area contributed by atoms with Gasteiger partial charge in [0, 0.05) is 37.9 Å². The zero-order valence-corrected chi connectivity index (χ0v) is 19.7. The highest BCUT2D eigenvalue weighted by Crippen LogP contribution is 2.32. The lowest BCUT2D eigenvalue weighted by atomic mass is 10.1. The van der Waals surface area contributed by atoms with E-state index in [2.05, 4.69) is 15.5 Å². The maximum atomic E-state index is 13.3. The minimum atomic E-state index is -4.61. The fourth-order valence-electron chi connectivity index (χ4n) is 4.05. The van der Waals surface area contributed by atoms with Crippen LogP contribution >= 0.6 is 0 Å². The molecule has 0 atom stereocenters. The number of carbonyl (C=O) groups excluding carboxylic acids is 2. The van der Waals surface area contributed by atoms with Crippen molar-refractivity contribution in [3.8, 4) is 5.88 Å². The summed E-state index contributed by atoms with van der Waals surface area (Å²) in [7, 11) is 0. The van der Waals surface area contributed by atoms with Gasteiger partial charge in [0.05, 0.1) is 11.1 Å². The van der Waals surface area contributed by atoms with E-state index < -0.39 is 23.7 Å². The van der Waals surface area contributed by atoms with Gasteiger partial charge in [-0.25, -0.2) is 4.79 Å². The quantitative estimate of drug-likeness (QED) is 0.561. The lowest BCUT2D eigenvalue weighted by Crippen LogP contribution is -2.49. The zero-order chi connectivity index (χ0) is 25.9. The van der Waals surface area contributed by atoms with E-state index in [0.717, 1.165) is 17.2 Å². The second-order valence-electron chi connectivity index (χ2n) is 8.44. The van der Waals surface area contributed by atoms with Crippen molar-refractivity contribution in [2.75, 3.05) is 36.4 Å².